The number of nitrogens with zero attached hydrogens (tertiary/aromatic N) is 4. The Hall–Kier alpha value is -2.85. The molecule has 166 valence electrons. The van der Waals surface area contributed by atoms with Crippen LogP contribution in [0, 0.1) is 12.8 Å². The van der Waals surface area contributed by atoms with Gasteiger partial charge in [0.1, 0.15) is 0 Å². The smallest absolute Gasteiger partial charge is 0.286 e. The fraction of sp³-hybridized carbons (Fsp3) is 0.476. The lowest BCUT2D eigenvalue weighted by atomic mass is 9.96. The lowest BCUT2D eigenvalue weighted by molar-refractivity contribution is -0.126. The quantitative estimate of drug-likeness (QED) is 0.672. The normalized spacial score (nSPS) is 14.5. The van der Waals surface area contributed by atoms with Crippen molar-refractivity contribution in [3.05, 3.63) is 39.8 Å². The number of aryl methyl sites for hydroxylation is 1. The maximum absolute atomic E-state index is 12.8. The van der Waals surface area contributed by atoms with Crippen molar-refractivity contribution < 1.29 is 14.4 Å². The molecule has 9 nitrogen and oxygen atoms in total. The van der Waals surface area contributed by atoms with Crippen molar-refractivity contribution >= 4 is 34.7 Å². The monoisotopic (exact) mass is 444 g/mol. The summed E-state index contributed by atoms with van der Waals surface area (Å²) >= 11 is 0.977. The Labute approximate surface area is 185 Å². The Morgan fingerprint density at radius 3 is 2.39 bits per heavy atom. The molecule has 1 aliphatic rings. The van der Waals surface area contributed by atoms with Gasteiger partial charge in [-0.1, -0.05) is 29.0 Å². The van der Waals surface area contributed by atoms with E-state index in [1.165, 1.54) is 0 Å². The summed E-state index contributed by atoms with van der Waals surface area (Å²) in [6.45, 7) is 4.34. The molecule has 1 aromatic carbocycles. The number of nitrogens with one attached hydrogen (secondary N) is 2. The van der Waals surface area contributed by atoms with Gasteiger partial charge >= 0.3 is 0 Å². The van der Waals surface area contributed by atoms with Crippen molar-refractivity contribution in [3.8, 4) is 0 Å². The number of likely N-dealkylation sites (tertiary alicyclic amines) is 1. The molecule has 0 bridgehead atoms. The van der Waals surface area contributed by atoms with Crippen LogP contribution in [0.2, 0.25) is 0 Å². The van der Waals surface area contributed by atoms with Gasteiger partial charge in [0.05, 0.1) is 0 Å². The molecule has 3 rings (SSSR count). The van der Waals surface area contributed by atoms with Gasteiger partial charge in [-0.2, -0.15) is 0 Å². The standard InChI is InChI=1S/C21H28N6O3S/c1-14-4-6-16(7-5-14)23-18(29)19-24-25-20(31-19)21(30)27-11-8-15(9-12-27)17(28)22-10-13-26(2)3/h4-7,15H,8-13H2,1-3H3,(H,22,28)(H,23,29). The molecular weight excluding hydrogens is 416 g/mol. The van der Waals surface area contributed by atoms with E-state index in [2.05, 4.69) is 20.8 Å². The molecule has 31 heavy (non-hydrogen) atoms. The van der Waals surface area contributed by atoms with E-state index in [1.54, 1.807) is 17.0 Å². The summed E-state index contributed by atoms with van der Waals surface area (Å²) in [4.78, 5) is 41.1. The molecule has 0 saturated carbocycles. The van der Waals surface area contributed by atoms with Crippen molar-refractivity contribution in [1.82, 2.24) is 25.3 Å². The van der Waals surface area contributed by atoms with Gasteiger partial charge in [-0.25, -0.2) is 0 Å². The van der Waals surface area contributed by atoms with Gasteiger partial charge in [-0.15, -0.1) is 10.2 Å². The van der Waals surface area contributed by atoms with Crippen molar-refractivity contribution in [3.63, 3.8) is 0 Å². The summed E-state index contributed by atoms with van der Waals surface area (Å²) in [5, 5.41) is 13.8. The fourth-order valence-corrected chi connectivity index (χ4v) is 3.96. The average molecular weight is 445 g/mol. The molecule has 0 radical (unpaired) electrons. The summed E-state index contributed by atoms with van der Waals surface area (Å²) in [7, 11) is 3.92. The molecule has 3 amide bonds. The van der Waals surface area contributed by atoms with Crippen LogP contribution in [-0.2, 0) is 4.79 Å². The van der Waals surface area contributed by atoms with Crippen LogP contribution < -0.4 is 10.6 Å². The van der Waals surface area contributed by atoms with E-state index in [9.17, 15) is 14.4 Å². The van der Waals surface area contributed by atoms with Crippen LogP contribution in [0.4, 0.5) is 5.69 Å². The topological polar surface area (TPSA) is 108 Å². The van der Waals surface area contributed by atoms with Crippen molar-refractivity contribution in [2.24, 2.45) is 5.92 Å². The summed E-state index contributed by atoms with van der Waals surface area (Å²) in [5.41, 5.74) is 1.75. The Kier molecular flexibility index (Phi) is 7.69. The van der Waals surface area contributed by atoms with E-state index < -0.39 is 5.91 Å². The molecule has 1 aliphatic heterocycles. The largest absolute Gasteiger partial charge is 0.355 e. The summed E-state index contributed by atoms with van der Waals surface area (Å²) in [6, 6.07) is 7.41. The first-order chi connectivity index (χ1) is 14.8. The first-order valence-electron chi connectivity index (χ1n) is 10.3. The molecule has 0 unspecified atom stereocenters. The summed E-state index contributed by atoms with van der Waals surface area (Å²) in [5.74, 6) is -0.691. The van der Waals surface area contributed by atoms with Crippen molar-refractivity contribution in [2.75, 3.05) is 45.6 Å². The van der Waals surface area contributed by atoms with Gasteiger partial charge in [-0.05, 0) is 46.0 Å². The highest BCUT2D eigenvalue weighted by Crippen LogP contribution is 2.21. The highest BCUT2D eigenvalue weighted by molar-refractivity contribution is 7.15. The van der Waals surface area contributed by atoms with Gasteiger partial charge in [0.25, 0.3) is 11.8 Å². The second kappa shape index (κ2) is 10.5. The number of amides is 3. The molecule has 2 N–H and O–H groups in total. The highest BCUT2D eigenvalue weighted by atomic mass is 32.1. The second-order valence-electron chi connectivity index (χ2n) is 7.89. The van der Waals surface area contributed by atoms with E-state index in [0.29, 0.717) is 38.2 Å². The fourth-order valence-electron chi connectivity index (χ4n) is 3.25. The average Bonchev–Trinajstić information content (AvgIpc) is 3.25. The SMILES string of the molecule is Cc1ccc(NC(=O)c2nnc(C(=O)N3CCC(C(=O)NCCN(C)C)CC3)s2)cc1. The van der Waals surface area contributed by atoms with Gasteiger partial charge in [0.15, 0.2) is 0 Å². The van der Waals surface area contributed by atoms with E-state index in [4.69, 9.17) is 0 Å². The number of aromatic nitrogens is 2. The number of hydrogen-bond acceptors (Lipinski definition) is 7. The zero-order chi connectivity index (χ0) is 22.4. The van der Waals surface area contributed by atoms with Gasteiger partial charge in [0.2, 0.25) is 15.9 Å². The van der Waals surface area contributed by atoms with E-state index in [0.717, 1.165) is 23.4 Å². The third-order valence-corrected chi connectivity index (χ3v) is 6.03. The Bertz CT molecular complexity index is 919. The van der Waals surface area contributed by atoms with Crippen LogP contribution in [0.1, 0.15) is 38.0 Å². The van der Waals surface area contributed by atoms with Crippen LogP contribution in [0.5, 0.6) is 0 Å². The third kappa shape index (κ3) is 6.31. The highest BCUT2D eigenvalue weighted by Gasteiger charge is 2.29. The molecular formula is C21H28N6O3S. The molecule has 0 atom stereocenters. The zero-order valence-electron chi connectivity index (χ0n) is 18.1. The van der Waals surface area contributed by atoms with Crippen LogP contribution in [0.3, 0.4) is 0 Å². The molecule has 2 aromatic rings. The number of anilines is 1. The molecule has 1 fully saturated rings. The third-order valence-electron chi connectivity index (χ3n) is 5.12. The number of rotatable bonds is 7. The minimum Gasteiger partial charge on any atom is -0.355 e. The molecule has 0 aliphatic carbocycles. The molecule has 0 spiro atoms. The minimum absolute atomic E-state index is 0.0416. The number of carbonyl (C=O) groups excluding carboxylic acids is 3. The number of benzene rings is 1. The van der Waals surface area contributed by atoms with Crippen molar-refractivity contribution in [2.45, 2.75) is 19.8 Å². The number of carbonyl (C=O) groups is 3. The zero-order valence-corrected chi connectivity index (χ0v) is 18.9. The van der Waals surface area contributed by atoms with Crippen molar-refractivity contribution in [1.29, 1.82) is 0 Å². The Morgan fingerprint density at radius 1 is 1.10 bits per heavy atom. The molecule has 2 heterocycles. The van der Waals surface area contributed by atoms with Crippen LogP contribution in [0.25, 0.3) is 0 Å². The van der Waals surface area contributed by atoms with E-state index >= 15 is 0 Å². The van der Waals surface area contributed by atoms with Crippen LogP contribution in [-0.4, -0.2) is 78.0 Å². The second-order valence-corrected chi connectivity index (χ2v) is 8.87. The minimum atomic E-state index is -0.395. The lowest BCUT2D eigenvalue weighted by Crippen LogP contribution is -2.44. The Balaban J connectivity index is 1.50. The Morgan fingerprint density at radius 2 is 1.74 bits per heavy atom. The summed E-state index contributed by atoms with van der Waals surface area (Å²) in [6.07, 6.45) is 1.22. The summed E-state index contributed by atoms with van der Waals surface area (Å²) < 4.78 is 0. The van der Waals surface area contributed by atoms with E-state index in [-0.39, 0.29) is 27.7 Å². The lowest BCUT2D eigenvalue weighted by Gasteiger charge is -2.30. The maximum atomic E-state index is 12.8. The number of likely N-dealkylation sites (N-methyl/N-ethyl adjacent to an activating group) is 1. The molecule has 10 heteroatoms. The van der Waals surface area contributed by atoms with Crippen LogP contribution in [0.15, 0.2) is 24.3 Å². The predicted octanol–water partition coefficient (Wildman–Crippen LogP) is 1.63. The van der Waals surface area contributed by atoms with Gasteiger partial charge in [0, 0.05) is 37.8 Å². The molecule has 1 saturated heterocycles. The number of hydrogen-bond donors (Lipinski definition) is 2. The van der Waals surface area contributed by atoms with Gasteiger partial charge < -0.3 is 20.4 Å². The number of piperidine rings is 1. The predicted molar refractivity (Wildman–Crippen MR) is 119 cm³/mol. The van der Waals surface area contributed by atoms with Gasteiger partial charge in [-0.3, -0.25) is 14.4 Å². The van der Waals surface area contributed by atoms with Crippen LogP contribution >= 0.6 is 11.3 Å². The molecule has 1 aromatic heterocycles. The first kappa shape index (κ1) is 22.8. The maximum Gasteiger partial charge on any atom is 0.286 e. The first-order valence-corrected chi connectivity index (χ1v) is 11.1. The van der Waals surface area contributed by atoms with E-state index in [1.807, 2.05) is 38.1 Å².